The molecule has 0 fully saturated rings. The molecule has 2 N–H and O–H groups in total. The first-order chi connectivity index (χ1) is 10.1. The zero-order chi connectivity index (χ0) is 15.2. The molecular weight excluding hydrogens is 265 g/mol. The minimum absolute atomic E-state index is 0.115. The lowest BCUT2D eigenvalue weighted by Gasteiger charge is -2.14. The Morgan fingerprint density at radius 1 is 1.29 bits per heavy atom. The topological polar surface area (TPSA) is 40.7 Å². The summed E-state index contributed by atoms with van der Waals surface area (Å²) in [4.78, 5) is 0. The lowest BCUT2D eigenvalue weighted by Crippen LogP contribution is -2.29. The highest BCUT2D eigenvalue weighted by Crippen LogP contribution is 2.12. The largest absolute Gasteiger partial charge is 0.314 e. The highest BCUT2D eigenvalue weighted by Gasteiger charge is 2.08. The Morgan fingerprint density at radius 2 is 2.05 bits per heavy atom. The molecule has 0 saturated heterocycles. The number of nitrogens with one attached hydrogen (secondary N) is 2. The van der Waals surface area contributed by atoms with Crippen molar-refractivity contribution in [2.75, 3.05) is 6.54 Å². The van der Waals surface area contributed by atoms with Crippen molar-refractivity contribution < 1.29 is 4.39 Å². The van der Waals surface area contributed by atoms with Crippen LogP contribution < -0.4 is 5.32 Å². The van der Waals surface area contributed by atoms with E-state index in [1.165, 1.54) is 11.6 Å². The number of H-pyrrole nitrogens is 1. The summed E-state index contributed by atoms with van der Waals surface area (Å²) in [6.07, 6.45) is 2.80. The first kappa shape index (κ1) is 15.7. The van der Waals surface area contributed by atoms with Gasteiger partial charge in [0.05, 0.1) is 5.69 Å². The molecule has 1 heterocycles. The van der Waals surface area contributed by atoms with E-state index in [4.69, 9.17) is 0 Å². The molecule has 2 rings (SSSR count). The quantitative estimate of drug-likeness (QED) is 0.768. The van der Waals surface area contributed by atoms with Gasteiger partial charge in [-0.05, 0) is 63.8 Å². The summed E-state index contributed by atoms with van der Waals surface area (Å²) in [6, 6.07) is 7.26. The van der Waals surface area contributed by atoms with Crippen LogP contribution in [-0.2, 0) is 12.8 Å². The van der Waals surface area contributed by atoms with Crippen LogP contribution in [0, 0.1) is 19.7 Å². The van der Waals surface area contributed by atoms with Gasteiger partial charge >= 0.3 is 0 Å². The summed E-state index contributed by atoms with van der Waals surface area (Å²) < 4.78 is 13.6. The third-order valence-corrected chi connectivity index (χ3v) is 3.86. The molecule has 3 nitrogen and oxygen atoms in total. The minimum Gasteiger partial charge on any atom is -0.314 e. The number of rotatable bonds is 7. The fourth-order valence-electron chi connectivity index (χ4n) is 2.62. The van der Waals surface area contributed by atoms with E-state index < -0.39 is 0 Å². The van der Waals surface area contributed by atoms with Crippen molar-refractivity contribution in [2.45, 2.75) is 46.1 Å². The summed E-state index contributed by atoms with van der Waals surface area (Å²) in [5.74, 6) is -0.115. The van der Waals surface area contributed by atoms with Gasteiger partial charge in [-0.2, -0.15) is 5.10 Å². The Balaban J connectivity index is 1.73. The van der Waals surface area contributed by atoms with Gasteiger partial charge in [0.1, 0.15) is 5.82 Å². The normalized spacial score (nSPS) is 12.6. The summed E-state index contributed by atoms with van der Waals surface area (Å²) >= 11 is 0. The van der Waals surface area contributed by atoms with Gasteiger partial charge < -0.3 is 5.32 Å². The second-order valence-corrected chi connectivity index (χ2v) is 5.67. The maximum Gasteiger partial charge on any atom is 0.126 e. The molecule has 114 valence electrons. The number of nitrogens with zero attached hydrogens (tertiary/aromatic N) is 1. The second kappa shape index (κ2) is 7.36. The van der Waals surface area contributed by atoms with Gasteiger partial charge in [-0.3, -0.25) is 5.10 Å². The lowest BCUT2D eigenvalue weighted by molar-refractivity contribution is 0.518. The summed E-state index contributed by atoms with van der Waals surface area (Å²) in [6.45, 7) is 7.12. The van der Waals surface area contributed by atoms with E-state index in [0.717, 1.165) is 42.8 Å². The number of aryl methyl sites for hydroxylation is 2. The first-order valence-corrected chi connectivity index (χ1v) is 7.55. The van der Waals surface area contributed by atoms with Gasteiger partial charge in [-0.25, -0.2) is 4.39 Å². The average Bonchev–Trinajstić information content (AvgIpc) is 2.77. The lowest BCUT2D eigenvalue weighted by atomic mass is 10.1. The van der Waals surface area contributed by atoms with Gasteiger partial charge in [-0.15, -0.1) is 0 Å². The van der Waals surface area contributed by atoms with Crippen molar-refractivity contribution in [3.63, 3.8) is 0 Å². The molecule has 1 unspecified atom stereocenters. The van der Waals surface area contributed by atoms with E-state index in [1.54, 1.807) is 6.07 Å². The number of aromatic nitrogens is 2. The molecule has 0 bridgehead atoms. The van der Waals surface area contributed by atoms with Crippen molar-refractivity contribution in [1.82, 2.24) is 15.5 Å². The smallest absolute Gasteiger partial charge is 0.126 e. The van der Waals surface area contributed by atoms with Gasteiger partial charge in [0.15, 0.2) is 0 Å². The molecule has 2 aromatic rings. The fourth-order valence-corrected chi connectivity index (χ4v) is 2.62. The highest BCUT2D eigenvalue weighted by atomic mass is 19.1. The molecule has 0 saturated carbocycles. The van der Waals surface area contributed by atoms with Crippen LogP contribution in [0.5, 0.6) is 0 Å². The molecule has 0 spiro atoms. The summed E-state index contributed by atoms with van der Waals surface area (Å²) in [5, 5.41) is 10.7. The first-order valence-electron chi connectivity index (χ1n) is 7.55. The van der Waals surface area contributed by atoms with E-state index in [2.05, 4.69) is 29.4 Å². The van der Waals surface area contributed by atoms with Crippen LogP contribution >= 0.6 is 0 Å². The molecule has 1 aromatic carbocycles. The molecule has 0 radical (unpaired) electrons. The summed E-state index contributed by atoms with van der Waals surface area (Å²) in [7, 11) is 0. The number of benzene rings is 1. The van der Waals surface area contributed by atoms with Crippen LogP contribution in [-0.4, -0.2) is 22.8 Å². The predicted molar refractivity (Wildman–Crippen MR) is 84.0 cm³/mol. The Labute approximate surface area is 126 Å². The van der Waals surface area contributed by atoms with Gasteiger partial charge in [-0.1, -0.05) is 18.2 Å². The molecule has 0 aliphatic carbocycles. The van der Waals surface area contributed by atoms with Crippen molar-refractivity contribution in [3.8, 4) is 0 Å². The zero-order valence-corrected chi connectivity index (χ0v) is 13.0. The van der Waals surface area contributed by atoms with E-state index in [1.807, 2.05) is 19.1 Å². The molecular formula is C17H24FN3. The van der Waals surface area contributed by atoms with Crippen LogP contribution in [0.2, 0.25) is 0 Å². The van der Waals surface area contributed by atoms with E-state index >= 15 is 0 Å². The van der Waals surface area contributed by atoms with Crippen LogP contribution in [0.4, 0.5) is 4.39 Å². The third kappa shape index (κ3) is 4.39. The third-order valence-electron chi connectivity index (χ3n) is 3.86. The van der Waals surface area contributed by atoms with Crippen LogP contribution in [0.15, 0.2) is 24.3 Å². The number of hydrogen-bond donors (Lipinski definition) is 2. The van der Waals surface area contributed by atoms with Gasteiger partial charge in [0, 0.05) is 11.7 Å². The van der Waals surface area contributed by atoms with Crippen molar-refractivity contribution >= 4 is 0 Å². The Kier molecular flexibility index (Phi) is 5.51. The van der Waals surface area contributed by atoms with Crippen LogP contribution in [0.25, 0.3) is 0 Å². The van der Waals surface area contributed by atoms with Crippen LogP contribution in [0.3, 0.4) is 0 Å². The average molecular weight is 289 g/mol. The van der Waals surface area contributed by atoms with Gasteiger partial charge in [0.25, 0.3) is 0 Å². The van der Waals surface area contributed by atoms with E-state index in [-0.39, 0.29) is 11.9 Å². The predicted octanol–water partition coefficient (Wildman–Crippen LogP) is 3.32. The van der Waals surface area contributed by atoms with E-state index in [9.17, 15) is 4.39 Å². The number of aromatic amines is 1. The van der Waals surface area contributed by atoms with Gasteiger partial charge in [0.2, 0.25) is 0 Å². The maximum atomic E-state index is 13.6. The number of hydrogen-bond acceptors (Lipinski definition) is 2. The van der Waals surface area contributed by atoms with Crippen LogP contribution in [0.1, 0.15) is 35.9 Å². The van der Waals surface area contributed by atoms with Crippen molar-refractivity contribution in [2.24, 2.45) is 0 Å². The monoisotopic (exact) mass is 289 g/mol. The molecule has 0 aliphatic heterocycles. The molecule has 1 aromatic heterocycles. The fraction of sp³-hybridized carbons (Fsp3) is 0.471. The van der Waals surface area contributed by atoms with E-state index in [0.29, 0.717) is 0 Å². The molecule has 21 heavy (non-hydrogen) atoms. The minimum atomic E-state index is -0.115. The Bertz CT molecular complexity index is 558. The Morgan fingerprint density at radius 3 is 2.71 bits per heavy atom. The second-order valence-electron chi connectivity index (χ2n) is 5.67. The number of halogens is 1. The molecule has 1 atom stereocenters. The van der Waals surface area contributed by atoms with Crippen molar-refractivity contribution in [3.05, 3.63) is 52.6 Å². The van der Waals surface area contributed by atoms with Crippen molar-refractivity contribution in [1.29, 1.82) is 0 Å². The molecule has 0 amide bonds. The maximum absolute atomic E-state index is 13.6. The molecule has 4 heteroatoms. The molecule has 0 aliphatic rings. The SMILES string of the molecule is Cc1n[nH]c(C)c1CCCNC(C)Cc1ccccc1F. The summed E-state index contributed by atoms with van der Waals surface area (Å²) in [5.41, 5.74) is 4.34. The Hall–Kier alpha value is -1.68. The highest BCUT2D eigenvalue weighted by molar-refractivity contribution is 5.23. The standard InChI is InChI=1S/C17H24FN3/c1-12(11-15-7-4-5-9-17(15)18)19-10-6-8-16-13(2)20-21-14(16)3/h4-5,7,9,12,19H,6,8,10-11H2,1-3H3,(H,20,21). The zero-order valence-electron chi connectivity index (χ0n) is 13.0.